The molecule has 0 aliphatic heterocycles. The second-order valence-electron chi connectivity index (χ2n) is 2.68. The Bertz CT molecular complexity index is 186. The second-order valence-corrected chi connectivity index (χ2v) is 2.68. The largest absolute Gasteiger partial charge is 0.380 e. The van der Waals surface area contributed by atoms with Crippen molar-refractivity contribution in [2.75, 3.05) is 13.1 Å². The molecule has 6 heteroatoms. The molecular weight excluding hydrogens is 188 g/mol. The van der Waals surface area contributed by atoms with Crippen molar-refractivity contribution in [1.82, 2.24) is 10.6 Å². The van der Waals surface area contributed by atoms with E-state index in [4.69, 9.17) is 0 Å². The van der Waals surface area contributed by atoms with Crippen LogP contribution in [-0.4, -0.2) is 47.3 Å². The van der Waals surface area contributed by atoms with Gasteiger partial charge in [0.05, 0.1) is 0 Å². The predicted octanol–water partition coefficient (Wildman–Crippen LogP) is -2.02. The summed E-state index contributed by atoms with van der Waals surface area (Å²) < 4.78 is 0. The van der Waals surface area contributed by atoms with Gasteiger partial charge in [0.1, 0.15) is 0 Å². The van der Waals surface area contributed by atoms with E-state index in [1.165, 1.54) is 0 Å². The first kappa shape index (κ1) is 12.9. The molecule has 0 saturated heterocycles. The van der Waals surface area contributed by atoms with Gasteiger partial charge in [-0.3, -0.25) is 9.59 Å². The number of likely N-dealkylation sites (N-methyl/N-ethyl adjacent to an activating group) is 2. The number of hydrogen-bond acceptors (Lipinski definition) is 4. The third-order valence-electron chi connectivity index (χ3n) is 1.54. The van der Waals surface area contributed by atoms with Crippen molar-refractivity contribution in [2.24, 2.45) is 0 Å². The topological polar surface area (TPSA) is 98.7 Å². The highest BCUT2D eigenvalue weighted by atomic mass is 16.3. The Hall–Kier alpha value is -1.14. The van der Waals surface area contributed by atoms with Crippen LogP contribution in [0.5, 0.6) is 0 Å². The van der Waals surface area contributed by atoms with Gasteiger partial charge in [-0.25, -0.2) is 0 Å². The zero-order valence-electron chi connectivity index (χ0n) is 8.28. The number of amides is 2. The van der Waals surface area contributed by atoms with Crippen LogP contribution in [0.2, 0.25) is 0 Å². The molecule has 82 valence electrons. The van der Waals surface area contributed by atoms with Gasteiger partial charge in [-0.15, -0.1) is 0 Å². The molecule has 0 unspecified atom stereocenters. The number of aliphatic hydroxyl groups excluding tert-OH is 2. The minimum absolute atomic E-state index is 0.331. The molecule has 0 saturated carbocycles. The van der Waals surface area contributed by atoms with Crippen LogP contribution in [0.3, 0.4) is 0 Å². The Morgan fingerprint density at radius 3 is 1.50 bits per heavy atom. The average molecular weight is 204 g/mol. The van der Waals surface area contributed by atoms with Gasteiger partial charge in [0.15, 0.2) is 12.2 Å². The van der Waals surface area contributed by atoms with E-state index < -0.39 is 24.0 Å². The third kappa shape index (κ3) is 3.71. The van der Waals surface area contributed by atoms with Crippen LogP contribution in [-0.2, 0) is 9.59 Å². The fourth-order valence-corrected chi connectivity index (χ4v) is 0.844. The van der Waals surface area contributed by atoms with Crippen LogP contribution in [0.4, 0.5) is 0 Å². The first-order chi connectivity index (χ1) is 6.54. The molecule has 0 aromatic carbocycles. The van der Waals surface area contributed by atoms with Crippen LogP contribution < -0.4 is 10.6 Å². The molecule has 2 atom stereocenters. The fraction of sp³-hybridized carbons (Fsp3) is 0.750. The van der Waals surface area contributed by atoms with E-state index in [9.17, 15) is 19.8 Å². The lowest BCUT2D eigenvalue weighted by molar-refractivity contribution is -0.145. The standard InChI is InChI=1S/C8H16N2O4/c1-3-9-7(13)5(11)6(12)8(14)10-4-2/h5-6,11-12H,3-4H2,1-2H3,(H,9,13)(H,10,14)/t5-,6-/m1/s1. The minimum atomic E-state index is -1.72. The van der Waals surface area contributed by atoms with Crippen molar-refractivity contribution in [3.63, 3.8) is 0 Å². The predicted molar refractivity (Wildman–Crippen MR) is 49.4 cm³/mol. The fourth-order valence-electron chi connectivity index (χ4n) is 0.844. The van der Waals surface area contributed by atoms with Crippen LogP contribution in [0.1, 0.15) is 13.8 Å². The SMILES string of the molecule is CCNC(=O)[C@H](O)[C@@H](O)C(=O)NCC. The van der Waals surface area contributed by atoms with Gasteiger partial charge in [-0.2, -0.15) is 0 Å². The van der Waals surface area contributed by atoms with Crippen LogP contribution in [0.15, 0.2) is 0 Å². The van der Waals surface area contributed by atoms with E-state index in [0.717, 1.165) is 0 Å². The molecule has 0 heterocycles. The zero-order chi connectivity index (χ0) is 11.1. The zero-order valence-corrected chi connectivity index (χ0v) is 8.28. The lowest BCUT2D eigenvalue weighted by Crippen LogP contribution is -2.49. The number of rotatable bonds is 5. The summed E-state index contributed by atoms with van der Waals surface area (Å²) in [4.78, 5) is 22.0. The van der Waals surface area contributed by atoms with E-state index in [2.05, 4.69) is 10.6 Å². The first-order valence-electron chi connectivity index (χ1n) is 4.46. The van der Waals surface area contributed by atoms with Gasteiger partial charge >= 0.3 is 0 Å². The molecule has 0 rings (SSSR count). The minimum Gasteiger partial charge on any atom is -0.380 e. The summed E-state index contributed by atoms with van der Waals surface area (Å²) in [5.41, 5.74) is 0. The van der Waals surface area contributed by atoms with Gasteiger partial charge in [0.25, 0.3) is 11.8 Å². The maximum absolute atomic E-state index is 11.0. The lowest BCUT2D eigenvalue weighted by atomic mass is 10.2. The van der Waals surface area contributed by atoms with Crippen molar-refractivity contribution < 1.29 is 19.8 Å². The first-order valence-corrected chi connectivity index (χ1v) is 4.46. The normalized spacial score (nSPS) is 14.3. The molecule has 4 N–H and O–H groups in total. The summed E-state index contributed by atoms with van der Waals surface area (Å²) >= 11 is 0. The smallest absolute Gasteiger partial charge is 0.252 e. The average Bonchev–Trinajstić information content (AvgIpc) is 2.16. The Morgan fingerprint density at radius 2 is 1.29 bits per heavy atom. The molecule has 6 nitrogen and oxygen atoms in total. The Balaban J connectivity index is 4.16. The molecule has 0 spiro atoms. The molecule has 0 bridgehead atoms. The van der Waals surface area contributed by atoms with Crippen LogP contribution >= 0.6 is 0 Å². The molecule has 0 aliphatic carbocycles. The number of hydrogen-bond donors (Lipinski definition) is 4. The number of aliphatic hydroxyl groups is 2. The summed E-state index contributed by atoms with van der Waals surface area (Å²) in [6, 6.07) is 0. The van der Waals surface area contributed by atoms with Gasteiger partial charge in [-0.05, 0) is 13.8 Å². The second kappa shape index (κ2) is 6.33. The summed E-state index contributed by atoms with van der Waals surface area (Å²) in [6.07, 6.45) is -3.44. The quantitative estimate of drug-likeness (QED) is 0.415. The molecule has 0 aromatic rings. The number of carbonyl (C=O) groups is 2. The number of carbonyl (C=O) groups excluding carboxylic acids is 2. The van der Waals surface area contributed by atoms with E-state index >= 15 is 0 Å². The molecule has 0 fully saturated rings. The van der Waals surface area contributed by atoms with Crippen molar-refractivity contribution in [2.45, 2.75) is 26.1 Å². The van der Waals surface area contributed by atoms with Crippen molar-refractivity contribution in [1.29, 1.82) is 0 Å². The maximum atomic E-state index is 11.0. The summed E-state index contributed by atoms with van der Waals surface area (Å²) in [6.45, 7) is 4.00. The van der Waals surface area contributed by atoms with E-state index in [-0.39, 0.29) is 0 Å². The summed E-state index contributed by atoms with van der Waals surface area (Å²) in [7, 11) is 0. The van der Waals surface area contributed by atoms with Crippen molar-refractivity contribution in [3.05, 3.63) is 0 Å². The Morgan fingerprint density at radius 1 is 1.00 bits per heavy atom. The highest BCUT2D eigenvalue weighted by molar-refractivity contribution is 5.90. The molecular formula is C8H16N2O4. The monoisotopic (exact) mass is 204 g/mol. The number of nitrogens with one attached hydrogen (secondary N) is 2. The third-order valence-corrected chi connectivity index (χ3v) is 1.54. The molecule has 0 radical (unpaired) electrons. The van der Waals surface area contributed by atoms with Crippen LogP contribution in [0, 0.1) is 0 Å². The van der Waals surface area contributed by atoms with E-state index in [1.54, 1.807) is 13.8 Å². The summed E-state index contributed by atoms with van der Waals surface area (Å²) in [5, 5.41) is 23.0. The summed E-state index contributed by atoms with van der Waals surface area (Å²) in [5.74, 6) is -1.52. The van der Waals surface area contributed by atoms with Gasteiger partial charge in [0, 0.05) is 13.1 Å². The molecule has 14 heavy (non-hydrogen) atoms. The Labute approximate surface area is 82.3 Å². The van der Waals surface area contributed by atoms with Gasteiger partial charge in [-0.1, -0.05) is 0 Å². The van der Waals surface area contributed by atoms with E-state index in [0.29, 0.717) is 13.1 Å². The van der Waals surface area contributed by atoms with Crippen molar-refractivity contribution in [3.8, 4) is 0 Å². The van der Waals surface area contributed by atoms with Gasteiger partial charge < -0.3 is 20.8 Å². The lowest BCUT2D eigenvalue weighted by Gasteiger charge is -2.15. The maximum Gasteiger partial charge on any atom is 0.252 e. The van der Waals surface area contributed by atoms with Crippen molar-refractivity contribution >= 4 is 11.8 Å². The Kier molecular flexibility index (Phi) is 5.82. The highest BCUT2D eigenvalue weighted by Crippen LogP contribution is 1.93. The molecule has 0 aromatic heterocycles. The highest BCUT2D eigenvalue weighted by Gasteiger charge is 2.29. The molecule has 0 aliphatic rings. The van der Waals surface area contributed by atoms with Gasteiger partial charge in [0.2, 0.25) is 0 Å². The molecule has 2 amide bonds. The van der Waals surface area contributed by atoms with Crippen LogP contribution in [0.25, 0.3) is 0 Å². The van der Waals surface area contributed by atoms with E-state index in [1.807, 2.05) is 0 Å².